The van der Waals surface area contributed by atoms with Gasteiger partial charge in [-0.3, -0.25) is 19.1 Å². The first-order chi connectivity index (χ1) is 25.9. The van der Waals surface area contributed by atoms with Crippen LogP contribution in [0.25, 0.3) is 11.1 Å². The number of likely N-dealkylation sites (tertiary alicyclic amines) is 1. The van der Waals surface area contributed by atoms with Crippen LogP contribution in [0.3, 0.4) is 0 Å². The topological polar surface area (TPSA) is 189 Å². The quantitative estimate of drug-likeness (QED) is 0.0864. The molecule has 14 nitrogen and oxygen atoms in total. The van der Waals surface area contributed by atoms with Gasteiger partial charge in [-0.2, -0.15) is 5.10 Å². The molecule has 4 fully saturated rings. The van der Waals surface area contributed by atoms with Crippen LogP contribution in [0.5, 0.6) is 0 Å². The van der Waals surface area contributed by atoms with Gasteiger partial charge in [0.05, 0.1) is 56.7 Å². The number of hydrogen-bond acceptors (Lipinski definition) is 10. The molecule has 5 aliphatic rings. The lowest BCUT2D eigenvalue weighted by Gasteiger charge is -2.50. The highest BCUT2D eigenvalue weighted by molar-refractivity contribution is 6.39. The van der Waals surface area contributed by atoms with Crippen molar-refractivity contribution in [3.8, 4) is 11.1 Å². The highest BCUT2D eigenvalue weighted by atomic mass is 16.2. The minimum absolute atomic E-state index is 0.00477. The molecule has 1 atom stereocenters. The predicted molar refractivity (Wildman–Crippen MR) is 207 cm³/mol. The lowest BCUT2D eigenvalue weighted by Crippen LogP contribution is -2.60. The Morgan fingerprint density at radius 1 is 0.963 bits per heavy atom. The van der Waals surface area contributed by atoms with Gasteiger partial charge in [0.25, 0.3) is 11.8 Å². The Bertz CT molecular complexity index is 2060. The molecule has 3 aliphatic carbocycles. The minimum Gasteiger partial charge on any atom is -0.393 e. The van der Waals surface area contributed by atoms with E-state index >= 15 is 0 Å². The molecule has 8 rings (SSSR count). The Hall–Kier alpha value is -5.24. The molecule has 276 valence electrons. The summed E-state index contributed by atoms with van der Waals surface area (Å²) in [5.74, 6) is -0.711. The summed E-state index contributed by atoms with van der Waals surface area (Å²) in [6.45, 7) is 3.21. The third kappa shape index (κ3) is 6.94. The van der Waals surface area contributed by atoms with Gasteiger partial charge < -0.3 is 42.5 Å². The van der Waals surface area contributed by atoms with Gasteiger partial charge in [0.15, 0.2) is 0 Å². The molecule has 0 spiro atoms. The maximum atomic E-state index is 13.2. The molecule has 1 saturated heterocycles. The van der Waals surface area contributed by atoms with Crippen molar-refractivity contribution in [2.45, 2.75) is 81.4 Å². The molecule has 3 saturated carbocycles. The van der Waals surface area contributed by atoms with Crippen LogP contribution in [-0.2, 0) is 14.9 Å². The molecule has 4 heterocycles. The highest BCUT2D eigenvalue weighted by Gasteiger charge is 2.43. The standard InChI is InChI=1S/C38H45B2N11O3/c1-3-29-34-25(17-43-51(34)23-18-50(19-23)38(39,40)30-9-5-8-27(47-30)36(53)44-21-12-13-21)24-6-4-7-26(33(24)49(29)2)46-28(32(42)37(54)45-22-14-15-22)16-31(41)48-35(52)20-10-11-20/h4-9,16-17,20-23,29,46H,3,10-15,18-19,41-42H2,1-2H3,(H,44,53)(H,45,54)(H,48,52)/b31-16+,32-28+. The highest BCUT2D eigenvalue weighted by Crippen LogP contribution is 2.50. The van der Waals surface area contributed by atoms with Crippen LogP contribution in [0.4, 0.5) is 11.4 Å². The zero-order valence-electron chi connectivity index (χ0n) is 30.6. The molecular weight excluding hydrogens is 680 g/mol. The normalized spacial score (nSPS) is 20.6. The number of amides is 3. The van der Waals surface area contributed by atoms with E-state index in [-0.39, 0.29) is 59.1 Å². The maximum Gasteiger partial charge on any atom is 0.270 e. The second kappa shape index (κ2) is 13.9. The number of para-hydroxylation sites is 1. The number of carbonyl (C=O) groups excluding carboxylic acids is 3. The van der Waals surface area contributed by atoms with E-state index in [4.69, 9.17) is 32.3 Å². The fraction of sp³-hybridized carbons (Fsp3) is 0.447. The van der Waals surface area contributed by atoms with E-state index in [1.165, 1.54) is 6.08 Å². The van der Waals surface area contributed by atoms with Crippen molar-refractivity contribution in [2.75, 3.05) is 30.4 Å². The molecule has 16 heteroatoms. The van der Waals surface area contributed by atoms with E-state index in [0.717, 1.165) is 67.5 Å². The van der Waals surface area contributed by atoms with E-state index in [1.54, 1.807) is 18.2 Å². The Morgan fingerprint density at radius 3 is 2.35 bits per heavy atom. The van der Waals surface area contributed by atoms with E-state index in [9.17, 15) is 14.4 Å². The summed E-state index contributed by atoms with van der Waals surface area (Å²) in [5.41, 5.74) is 18.4. The number of pyridine rings is 1. The van der Waals surface area contributed by atoms with Crippen molar-refractivity contribution < 1.29 is 14.4 Å². The lowest BCUT2D eigenvalue weighted by atomic mass is 9.57. The summed E-state index contributed by atoms with van der Waals surface area (Å²) in [6, 6.07) is 11.4. The van der Waals surface area contributed by atoms with Crippen molar-refractivity contribution >= 4 is 44.8 Å². The number of aromatic nitrogens is 3. The summed E-state index contributed by atoms with van der Waals surface area (Å²) in [4.78, 5) is 47.0. The maximum absolute atomic E-state index is 13.2. The van der Waals surface area contributed by atoms with Crippen LogP contribution >= 0.6 is 0 Å². The minimum atomic E-state index is -1.38. The summed E-state index contributed by atoms with van der Waals surface area (Å²) in [7, 11) is 15.5. The first-order valence-corrected chi connectivity index (χ1v) is 18.8. The van der Waals surface area contributed by atoms with Crippen molar-refractivity contribution in [3.05, 3.63) is 83.0 Å². The largest absolute Gasteiger partial charge is 0.393 e. The van der Waals surface area contributed by atoms with Crippen LogP contribution in [0, 0.1) is 5.92 Å². The van der Waals surface area contributed by atoms with Crippen molar-refractivity contribution in [2.24, 2.45) is 17.4 Å². The third-order valence-electron chi connectivity index (χ3n) is 11.0. The average molecular weight is 725 g/mol. The number of nitrogens with zero attached hydrogens (tertiary/aromatic N) is 5. The number of anilines is 2. The fourth-order valence-electron chi connectivity index (χ4n) is 7.32. The molecule has 54 heavy (non-hydrogen) atoms. The molecule has 2 aliphatic heterocycles. The molecule has 0 bridgehead atoms. The van der Waals surface area contributed by atoms with Crippen LogP contribution < -0.4 is 37.6 Å². The van der Waals surface area contributed by atoms with Crippen LogP contribution in [0.2, 0.25) is 0 Å². The van der Waals surface area contributed by atoms with E-state index in [0.29, 0.717) is 30.2 Å². The van der Waals surface area contributed by atoms with Gasteiger partial charge in [-0.1, -0.05) is 25.1 Å². The van der Waals surface area contributed by atoms with Gasteiger partial charge in [-0.15, -0.1) is 0 Å². The van der Waals surface area contributed by atoms with Gasteiger partial charge in [-0.25, -0.2) is 4.98 Å². The number of nitrogens with one attached hydrogen (secondary N) is 4. The van der Waals surface area contributed by atoms with Crippen LogP contribution in [0.15, 0.2) is 65.9 Å². The first-order valence-electron chi connectivity index (χ1n) is 18.8. The Kier molecular flexibility index (Phi) is 9.19. The number of carbonyl (C=O) groups is 3. The molecule has 3 aromatic rings. The van der Waals surface area contributed by atoms with Gasteiger partial charge in [0, 0.05) is 61.0 Å². The molecule has 4 radical (unpaired) electrons. The predicted octanol–water partition coefficient (Wildman–Crippen LogP) is 1.93. The second-order valence-electron chi connectivity index (χ2n) is 15.2. The van der Waals surface area contributed by atoms with Crippen LogP contribution in [-0.4, -0.2) is 85.3 Å². The number of allylic oxidation sites excluding steroid dienone is 1. The first kappa shape index (κ1) is 35.8. The van der Waals surface area contributed by atoms with E-state index in [1.807, 2.05) is 30.3 Å². The van der Waals surface area contributed by atoms with Crippen molar-refractivity contribution in [3.63, 3.8) is 0 Å². The molecule has 8 N–H and O–H groups in total. The number of rotatable bonds is 13. The number of hydrogen-bond donors (Lipinski definition) is 6. The zero-order chi connectivity index (χ0) is 37.9. The SMILES string of the molecule is [B]C([B])(c1cccc(C(=O)NC2CC2)n1)N1CC(n2ncc3c2C(CC)N(C)c2c(NC(/C=C(\N)NC(=O)C4CC4)=C(/N)C(=O)NC4CC4)cccc2-3)C1. The zero-order valence-corrected chi connectivity index (χ0v) is 30.6. The van der Waals surface area contributed by atoms with Gasteiger partial charge in [0.1, 0.15) is 17.2 Å². The second-order valence-corrected chi connectivity index (χ2v) is 15.2. The molecule has 1 unspecified atom stereocenters. The van der Waals surface area contributed by atoms with Crippen molar-refractivity contribution in [1.82, 2.24) is 35.6 Å². The third-order valence-corrected chi connectivity index (χ3v) is 11.0. The van der Waals surface area contributed by atoms with Crippen molar-refractivity contribution in [1.29, 1.82) is 0 Å². The van der Waals surface area contributed by atoms with Gasteiger partial charge in [0.2, 0.25) is 5.91 Å². The number of benzene rings is 1. The monoisotopic (exact) mass is 725 g/mol. The van der Waals surface area contributed by atoms with Gasteiger partial charge in [-0.05, 0) is 68.5 Å². The molecular formula is C38H45B2N11O3. The average Bonchev–Trinajstić information content (AvgIpc) is 4.00. The summed E-state index contributed by atoms with van der Waals surface area (Å²) in [5, 5.41) is 15.6. The Balaban J connectivity index is 1.05. The smallest absolute Gasteiger partial charge is 0.270 e. The molecule has 3 amide bonds. The molecule has 2 aromatic heterocycles. The summed E-state index contributed by atoms with van der Waals surface area (Å²) in [6.07, 6.45) is 9.64. The number of fused-ring (bicyclic) bond motifs is 3. The van der Waals surface area contributed by atoms with Crippen LogP contribution in [0.1, 0.15) is 85.8 Å². The Labute approximate surface area is 317 Å². The molecule has 1 aromatic carbocycles. The van der Waals surface area contributed by atoms with E-state index < -0.39 is 11.2 Å². The summed E-state index contributed by atoms with van der Waals surface area (Å²) < 4.78 is 2.08. The van der Waals surface area contributed by atoms with Gasteiger partial charge >= 0.3 is 0 Å². The lowest BCUT2D eigenvalue weighted by molar-refractivity contribution is -0.121. The Morgan fingerprint density at radius 2 is 1.67 bits per heavy atom. The van der Waals surface area contributed by atoms with E-state index in [2.05, 4.69) is 48.8 Å². The number of nitrogens with two attached hydrogens (primary N) is 2. The summed E-state index contributed by atoms with van der Waals surface area (Å²) >= 11 is 0. The fourth-order valence-corrected chi connectivity index (χ4v) is 7.32.